The van der Waals surface area contributed by atoms with E-state index in [1.54, 1.807) is 0 Å². The molecule has 3 aliphatic rings. The minimum atomic E-state index is 0.331. The number of phenolic OH excluding ortho intramolecular Hbond substituents is 1. The van der Waals surface area contributed by atoms with Gasteiger partial charge in [0.15, 0.2) is 0 Å². The average molecular weight is 331 g/mol. The van der Waals surface area contributed by atoms with Crippen molar-refractivity contribution in [1.29, 1.82) is 0 Å². The third-order valence-corrected chi connectivity index (χ3v) is 6.93. The first-order valence-corrected chi connectivity index (χ1v) is 9.31. The van der Waals surface area contributed by atoms with Crippen molar-refractivity contribution in [2.24, 2.45) is 17.8 Å². The van der Waals surface area contributed by atoms with E-state index in [9.17, 15) is 5.11 Å². The maximum absolute atomic E-state index is 9.67. The Morgan fingerprint density at radius 2 is 1.84 bits per heavy atom. The van der Waals surface area contributed by atoms with E-state index in [1.807, 2.05) is 18.3 Å². The summed E-state index contributed by atoms with van der Waals surface area (Å²) in [5.74, 6) is 3.20. The van der Waals surface area contributed by atoms with Crippen LogP contribution in [-0.2, 0) is 0 Å². The van der Waals surface area contributed by atoms with E-state index in [1.165, 1.54) is 41.5 Å². The molecule has 3 N–H and O–H groups in total. The maximum Gasteiger partial charge on any atom is 0.115 e. The lowest BCUT2D eigenvalue weighted by Crippen LogP contribution is -2.35. The molecule has 1 aromatic heterocycles. The van der Waals surface area contributed by atoms with Crippen molar-refractivity contribution in [1.82, 2.24) is 10.2 Å². The summed E-state index contributed by atoms with van der Waals surface area (Å²) in [6.07, 6.45) is 6.08. The second-order valence-corrected chi connectivity index (χ2v) is 8.01. The van der Waals surface area contributed by atoms with Crippen molar-refractivity contribution in [2.45, 2.75) is 31.2 Å². The number of hydrogen-bond acceptors (Lipinski definition) is 3. The number of anilines is 1. The van der Waals surface area contributed by atoms with Crippen molar-refractivity contribution in [3.63, 3.8) is 0 Å². The second kappa shape index (κ2) is 4.78. The Morgan fingerprint density at radius 1 is 1.00 bits per heavy atom. The number of rotatable bonds is 1. The van der Waals surface area contributed by atoms with E-state index in [0.29, 0.717) is 23.6 Å². The summed E-state index contributed by atoms with van der Waals surface area (Å²) >= 11 is 0. The molecule has 0 spiro atoms. The van der Waals surface area contributed by atoms with E-state index in [-0.39, 0.29) is 0 Å². The maximum atomic E-state index is 9.67. The lowest BCUT2D eigenvalue weighted by molar-refractivity contribution is 0.249. The zero-order valence-corrected chi connectivity index (χ0v) is 13.9. The molecule has 25 heavy (non-hydrogen) atoms. The van der Waals surface area contributed by atoms with E-state index in [0.717, 1.165) is 17.4 Å². The predicted molar refractivity (Wildman–Crippen MR) is 97.6 cm³/mol. The summed E-state index contributed by atoms with van der Waals surface area (Å²) in [6, 6.07) is 12.5. The van der Waals surface area contributed by atoms with Crippen molar-refractivity contribution in [2.75, 3.05) is 5.32 Å². The van der Waals surface area contributed by atoms with Crippen LogP contribution >= 0.6 is 0 Å². The first-order valence-electron chi connectivity index (χ1n) is 9.31. The molecular formula is C21H21N3O. The third-order valence-electron chi connectivity index (χ3n) is 6.93. The fourth-order valence-corrected chi connectivity index (χ4v) is 6.02. The quantitative estimate of drug-likeness (QED) is 0.612. The summed E-state index contributed by atoms with van der Waals surface area (Å²) in [6.45, 7) is 0. The number of benzene rings is 2. The first kappa shape index (κ1) is 13.8. The van der Waals surface area contributed by atoms with Crippen LogP contribution in [0.4, 0.5) is 5.69 Å². The summed E-state index contributed by atoms with van der Waals surface area (Å²) in [5.41, 5.74) is 5.18. The summed E-state index contributed by atoms with van der Waals surface area (Å²) in [7, 11) is 0. The molecule has 2 aromatic carbocycles. The van der Waals surface area contributed by atoms with Gasteiger partial charge >= 0.3 is 0 Å². The van der Waals surface area contributed by atoms with Gasteiger partial charge < -0.3 is 10.4 Å². The molecule has 3 aromatic rings. The van der Waals surface area contributed by atoms with Crippen molar-refractivity contribution in [3.05, 3.63) is 53.7 Å². The highest BCUT2D eigenvalue weighted by Crippen LogP contribution is 2.64. The van der Waals surface area contributed by atoms with Crippen molar-refractivity contribution in [3.8, 4) is 5.75 Å². The molecule has 1 aliphatic heterocycles. The Hall–Kier alpha value is -2.49. The van der Waals surface area contributed by atoms with Crippen LogP contribution in [0.15, 0.2) is 42.6 Å². The van der Waals surface area contributed by atoms with E-state index >= 15 is 0 Å². The monoisotopic (exact) mass is 331 g/mol. The standard InChI is InChI=1S/C21H21N3O/c25-14-5-3-11(4-6-14)21-19-13-2-1-12(9-13)18(19)20-15-10-22-24-16(15)7-8-17(20)23-21/h3-8,10,12-13,18-19,21,23,25H,1-2,9H2,(H,22,24)/t12?,13-,18-,19+,21-/m0/s1. The number of aromatic hydroxyl groups is 1. The van der Waals surface area contributed by atoms with Crippen molar-refractivity contribution < 1.29 is 5.11 Å². The summed E-state index contributed by atoms with van der Waals surface area (Å²) in [5, 5.41) is 22.2. The molecule has 0 amide bonds. The number of nitrogens with zero attached hydrogens (tertiary/aromatic N) is 1. The number of aromatic nitrogens is 2. The lowest BCUT2D eigenvalue weighted by Gasteiger charge is -2.43. The van der Waals surface area contributed by atoms with Crippen LogP contribution < -0.4 is 5.32 Å². The van der Waals surface area contributed by atoms with Crippen LogP contribution in [0, 0.1) is 17.8 Å². The van der Waals surface area contributed by atoms with E-state index < -0.39 is 0 Å². The molecule has 2 saturated carbocycles. The zero-order chi connectivity index (χ0) is 16.5. The molecular weight excluding hydrogens is 310 g/mol. The minimum Gasteiger partial charge on any atom is -0.508 e. The lowest BCUT2D eigenvalue weighted by atomic mass is 9.67. The second-order valence-electron chi connectivity index (χ2n) is 8.01. The van der Waals surface area contributed by atoms with E-state index in [4.69, 9.17) is 0 Å². The van der Waals surface area contributed by atoms with Gasteiger partial charge in [0, 0.05) is 11.1 Å². The SMILES string of the molecule is Oc1ccc([C@@H]2Nc3ccc4[nH]ncc4c3[C@H]3C4CC[C@@H](C4)[C@@H]23)cc1. The predicted octanol–water partition coefficient (Wildman–Crippen LogP) is 4.57. The van der Waals surface area contributed by atoms with Gasteiger partial charge in [0.25, 0.3) is 0 Å². The fourth-order valence-electron chi connectivity index (χ4n) is 6.02. The average Bonchev–Trinajstić information content (AvgIpc) is 3.37. The number of H-pyrrole nitrogens is 1. The summed E-state index contributed by atoms with van der Waals surface area (Å²) in [4.78, 5) is 0. The zero-order valence-electron chi connectivity index (χ0n) is 13.9. The van der Waals surface area contributed by atoms with Gasteiger partial charge in [-0.15, -0.1) is 0 Å². The Balaban J connectivity index is 1.55. The van der Waals surface area contributed by atoms with Crippen LogP contribution in [0.3, 0.4) is 0 Å². The highest BCUT2D eigenvalue weighted by molar-refractivity contribution is 5.88. The Bertz CT molecular complexity index is 961. The molecule has 126 valence electrons. The van der Waals surface area contributed by atoms with Crippen molar-refractivity contribution >= 4 is 16.6 Å². The Morgan fingerprint density at radius 3 is 2.72 bits per heavy atom. The van der Waals surface area contributed by atoms with Crippen LogP contribution in [-0.4, -0.2) is 15.3 Å². The van der Waals surface area contributed by atoms with Gasteiger partial charge in [-0.1, -0.05) is 12.1 Å². The molecule has 0 saturated heterocycles. The smallest absolute Gasteiger partial charge is 0.115 e. The van der Waals surface area contributed by atoms with E-state index in [2.05, 4.69) is 39.8 Å². The van der Waals surface area contributed by atoms with Crippen LogP contribution in [0.1, 0.15) is 42.3 Å². The topological polar surface area (TPSA) is 60.9 Å². The van der Waals surface area contributed by atoms with Gasteiger partial charge in [-0.25, -0.2) is 0 Å². The number of phenols is 1. The number of hydrogen-bond donors (Lipinski definition) is 3. The molecule has 5 atom stereocenters. The highest BCUT2D eigenvalue weighted by Gasteiger charge is 2.54. The van der Waals surface area contributed by atoms with Gasteiger partial charge in [0.2, 0.25) is 0 Å². The number of nitrogens with one attached hydrogen (secondary N) is 2. The minimum absolute atomic E-state index is 0.331. The highest BCUT2D eigenvalue weighted by atomic mass is 16.3. The Kier molecular flexibility index (Phi) is 2.63. The Labute approximate surface area is 146 Å². The van der Waals surface area contributed by atoms with Crippen LogP contribution in [0.5, 0.6) is 5.75 Å². The van der Waals surface area contributed by atoms with Gasteiger partial charge in [0.05, 0.1) is 17.8 Å². The first-order chi connectivity index (χ1) is 12.3. The molecule has 2 bridgehead atoms. The number of aromatic amines is 1. The molecule has 0 radical (unpaired) electrons. The molecule has 4 nitrogen and oxygen atoms in total. The van der Waals surface area contributed by atoms with Gasteiger partial charge in [-0.2, -0.15) is 5.10 Å². The fraction of sp³-hybridized carbons (Fsp3) is 0.381. The molecule has 2 fully saturated rings. The molecule has 1 unspecified atom stereocenters. The van der Waals surface area contributed by atoms with Gasteiger partial charge in [-0.05, 0) is 78.3 Å². The number of fused-ring (bicyclic) bond motifs is 9. The molecule has 6 rings (SSSR count). The van der Waals surface area contributed by atoms with Gasteiger partial charge in [-0.3, -0.25) is 5.10 Å². The largest absolute Gasteiger partial charge is 0.508 e. The van der Waals surface area contributed by atoms with Gasteiger partial charge in [0.1, 0.15) is 5.75 Å². The molecule has 2 aliphatic carbocycles. The molecule has 2 heterocycles. The van der Waals surface area contributed by atoms with Crippen LogP contribution in [0.25, 0.3) is 10.9 Å². The normalized spacial score (nSPS) is 32.4. The summed E-state index contributed by atoms with van der Waals surface area (Å²) < 4.78 is 0. The third kappa shape index (κ3) is 1.80. The molecule has 4 heteroatoms. The van der Waals surface area contributed by atoms with Crippen LogP contribution in [0.2, 0.25) is 0 Å².